The van der Waals surface area contributed by atoms with Gasteiger partial charge >= 0.3 is 0 Å². The molecule has 0 fully saturated rings. The molecule has 3 rings (SSSR count). The van der Waals surface area contributed by atoms with Gasteiger partial charge in [0, 0.05) is 23.5 Å². The highest BCUT2D eigenvalue weighted by atomic mass is 16.5. The van der Waals surface area contributed by atoms with E-state index in [1.165, 1.54) is 6.08 Å². The summed E-state index contributed by atoms with van der Waals surface area (Å²) in [5.74, 6) is 2.24. The summed E-state index contributed by atoms with van der Waals surface area (Å²) in [5, 5.41) is 3.19. The van der Waals surface area contributed by atoms with Gasteiger partial charge in [-0.05, 0) is 41.5 Å². The lowest BCUT2D eigenvalue weighted by Crippen LogP contribution is -1.97. The van der Waals surface area contributed by atoms with E-state index in [9.17, 15) is 4.79 Å². The Morgan fingerprint density at radius 1 is 0.788 bits per heavy atom. The third-order valence-corrected chi connectivity index (χ3v) is 4.93. The second kappa shape index (κ2) is 11.4. The van der Waals surface area contributed by atoms with Gasteiger partial charge < -0.3 is 24.3 Å². The Bertz CT molecular complexity index is 1140. The van der Waals surface area contributed by atoms with Crippen molar-refractivity contribution in [3.63, 3.8) is 0 Å². The molecule has 0 amide bonds. The fourth-order valence-corrected chi connectivity index (χ4v) is 3.24. The Kier molecular flexibility index (Phi) is 8.13. The Morgan fingerprint density at radius 3 is 2.18 bits per heavy atom. The van der Waals surface area contributed by atoms with Crippen LogP contribution in [-0.4, -0.2) is 34.2 Å². The number of ketones is 1. The molecular weight excluding hydrogens is 418 g/mol. The molecular formula is C27H27NO5. The SMILES string of the molecule is COc1cccc(C(=O)/C=C\Nc2ccccc2/C=C\c2cc(OC)c(OC)c(OC)c2)c1. The number of methoxy groups -OCH3 is 4. The van der Waals surface area contributed by atoms with E-state index in [-0.39, 0.29) is 5.78 Å². The van der Waals surface area contributed by atoms with E-state index in [1.807, 2.05) is 48.6 Å². The Balaban J connectivity index is 1.77. The number of allylic oxidation sites excluding steroid dienone is 1. The largest absolute Gasteiger partial charge is 0.497 e. The zero-order valence-corrected chi connectivity index (χ0v) is 19.1. The van der Waals surface area contributed by atoms with Crippen molar-refractivity contribution in [2.24, 2.45) is 0 Å². The van der Waals surface area contributed by atoms with Crippen LogP contribution in [0.5, 0.6) is 23.0 Å². The van der Waals surface area contributed by atoms with Gasteiger partial charge in [-0.3, -0.25) is 4.79 Å². The van der Waals surface area contributed by atoms with Gasteiger partial charge in [0.15, 0.2) is 17.3 Å². The number of rotatable bonds is 10. The maximum Gasteiger partial charge on any atom is 0.203 e. The van der Waals surface area contributed by atoms with Gasteiger partial charge in [0.05, 0.1) is 28.4 Å². The molecule has 0 spiro atoms. The van der Waals surface area contributed by atoms with Crippen molar-refractivity contribution in [1.82, 2.24) is 0 Å². The molecule has 1 N–H and O–H groups in total. The van der Waals surface area contributed by atoms with Crippen LogP contribution >= 0.6 is 0 Å². The fourth-order valence-electron chi connectivity index (χ4n) is 3.24. The minimum atomic E-state index is -0.119. The molecule has 170 valence electrons. The second-order valence-electron chi connectivity index (χ2n) is 6.95. The van der Waals surface area contributed by atoms with Crippen molar-refractivity contribution in [3.8, 4) is 23.0 Å². The highest BCUT2D eigenvalue weighted by molar-refractivity contribution is 6.04. The molecule has 0 heterocycles. The van der Waals surface area contributed by atoms with Crippen LogP contribution in [0.25, 0.3) is 12.2 Å². The molecule has 3 aromatic carbocycles. The maximum atomic E-state index is 12.4. The minimum absolute atomic E-state index is 0.119. The van der Waals surface area contributed by atoms with E-state index in [1.54, 1.807) is 58.9 Å². The summed E-state index contributed by atoms with van der Waals surface area (Å²) in [4.78, 5) is 12.4. The molecule has 0 aromatic heterocycles. The molecule has 6 heteroatoms. The van der Waals surface area contributed by atoms with Gasteiger partial charge in [-0.15, -0.1) is 0 Å². The number of hydrogen-bond acceptors (Lipinski definition) is 6. The first-order chi connectivity index (χ1) is 16.1. The van der Waals surface area contributed by atoms with Gasteiger partial charge in [0.25, 0.3) is 0 Å². The zero-order valence-electron chi connectivity index (χ0n) is 19.1. The number of ether oxygens (including phenoxy) is 4. The average molecular weight is 446 g/mol. The summed E-state index contributed by atoms with van der Waals surface area (Å²) in [6.45, 7) is 0. The lowest BCUT2D eigenvalue weighted by Gasteiger charge is -2.13. The van der Waals surface area contributed by atoms with Crippen molar-refractivity contribution in [1.29, 1.82) is 0 Å². The van der Waals surface area contributed by atoms with Crippen LogP contribution in [-0.2, 0) is 0 Å². The van der Waals surface area contributed by atoms with E-state index >= 15 is 0 Å². The van der Waals surface area contributed by atoms with Crippen molar-refractivity contribution in [2.75, 3.05) is 33.8 Å². The fraction of sp³-hybridized carbons (Fsp3) is 0.148. The smallest absolute Gasteiger partial charge is 0.203 e. The molecule has 0 aliphatic carbocycles. The van der Waals surface area contributed by atoms with Crippen LogP contribution < -0.4 is 24.3 Å². The molecule has 0 aliphatic rings. The van der Waals surface area contributed by atoms with Crippen molar-refractivity contribution in [2.45, 2.75) is 0 Å². The summed E-state index contributed by atoms with van der Waals surface area (Å²) < 4.78 is 21.4. The molecule has 0 aliphatic heterocycles. The quantitative estimate of drug-likeness (QED) is 0.245. The average Bonchev–Trinajstić information content (AvgIpc) is 2.87. The van der Waals surface area contributed by atoms with E-state index in [2.05, 4.69) is 5.32 Å². The summed E-state index contributed by atoms with van der Waals surface area (Å²) in [6, 6.07) is 18.6. The Hall–Kier alpha value is -4.19. The summed E-state index contributed by atoms with van der Waals surface area (Å²) in [6.07, 6.45) is 7.05. The molecule has 0 atom stereocenters. The van der Waals surface area contributed by atoms with Crippen molar-refractivity contribution in [3.05, 3.63) is 89.6 Å². The highest BCUT2D eigenvalue weighted by Gasteiger charge is 2.12. The topological polar surface area (TPSA) is 66.0 Å². The number of anilines is 1. The summed E-state index contributed by atoms with van der Waals surface area (Å²) in [5.41, 5.74) is 3.26. The molecule has 0 saturated carbocycles. The minimum Gasteiger partial charge on any atom is -0.497 e. The second-order valence-corrected chi connectivity index (χ2v) is 6.95. The number of para-hydroxylation sites is 1. The Labute approximate surface area is 194 Å². The highest BCUT2D eigenvalue weighted by Crippen LogP contribution is 2.38. The maximum absolute atomic E-state index is 12.4. The molecule has 0 saturated heterocycles. The lowest BCUT2D eigenvalue weighted by atomic mass is 10.1. The number of carbonyl (C=O) groups is 1. The van der Waals surface area contributed by atoms with Gasteiger partial charge in [-0.25, -0.2) is 0 Å². The molecule has 0 unspecified atom stereocenters. The monoisotopic (exact) mass is 445 g/mol. The van der Waals surface area contributed by atoms with Crippen LogP contribution in [0.3, 0.4) is 0 Å². The number of nitrogens with one attached hydrogen (secondary N) is 1. The number of benzene rings is 3. The molecule has 3 aromatic rings. The third-order valence-electron chi connectivity index (χ3n) is 4.93. The normalized spacial score (nSPS) is 10.9. The third kappa shape index (κ3) is 5.95. The first-order valence-corrected chi connectivity index (χ1v) is 10.3. The predicted molar refractivity (Wildman–Crippen MR) is 132 cm³/mol. The molecule has 0 bridgehead atoms. The first kappa shape index (κ1) is 23.5. The van der Waals surface area contributed by atoms with Crippen molar-refractivity contribution >= 4 is 23.6 Å². The summed E-state index contributed by atoms with van der Waals surface area (Å²) >= 11 is 0. The van der Waals surface area contributed by atoms with Crippen LogP contribution in [0.15, 0.2) is 72.9 Å². The van der Waals surface area contributed by atoms with Crippen LogP contribution in [0.1, 0.15) is 21.5 Å². The van der Waals surface area contributed by atoms with Gasteiger partial charge in [-0.1, -0.05) is 42.5 Å². The number of carbonyl (C=O) groups excluding carboxylic acids is 1. The van der Waals surface area contributed by atoms with Crippen LogP contribution in [0.4, 0.5) is 5.69 Å². The van der Waals surface area contributed by atoms with Gasteiger partial charge in [-0.2, -0.15) is 0 Å². The van der Waals surface area contributed by atoms with Gasteiger partial charge in [0.1, 0.15) is 5.75 Å². The van der Waals surface area contributed by atoms with Crippen LogP contribution in [0.2, 0.25) is 0 Å². The van der Waals surface area contributed by atoms with Gasteiger partial charge in [0.2, 0.25) is 5.75 Å². The predicted octanol–water partition coefficient (Wildman–Crippen LogP) is 5.70. The van der Waals surface area contributed by atoms with Crippen molar-refractivity contribution < 1.29 is 23.7 Å². The zero-order chi connectivity index (χ0) is 23.6. The van der Waals surface area contributed by atoms with E-state index < -0.39 is 0 Å². The van der Waals surface area contributed by atoms with E-state index in [0.29, 0.717) is 28.6 Å². The molecule has 6 nitrogen and oxygen atoms in total. The van der Waals surface area contributed by atoms with E-state index in [0.717, 1.165) is 16.8 Å². The van der Waals surface area contributed by atoms with Crippen LogP contribution in [0, 0.1) is 0 Å². The lowest BCUT2D eigenvalue weighted by molar-refractivity contribution is 0.104. The Morgan fingerprint density at radius 2 is 1.52 bits per heavy atom. The van der Waals surface area contributed by atoms with E-state index in [4.69, 9.17) is 18.9 Å². The molecule has 33 heavy (non-hydrogen) atoms. The summed E-state index contributed by atoms with van der Waals surface area (Å²) in [7, 11) is 6.32. The number of hydrogen-bond donors (Lipinski definition) is 1. The first-order valence-electron chi connectivity index (χ1n) is 10.3. The standard InChI is InChI=1S/C27H27NO5/c1-30-22-10-7-9-21(18-22)24(29)14-15-28-23-11-6-5-8-20(23)13-12-19-16-25(31-2)27(33-4)26(17-19)32-3/h5-18,28H,1-4H3/b13-12-,15-14-. The molecule has 0 radical (unpaired) electrons.